The van der Waals surface area contributed by atoms with E-state index in [-0.39, 0.29) is 18.0 Å². The van der Waals surface area contributed by atoms with Crippen LogP contribution in [-0.2, 0) is 24.4 Å². The molecule has 1 aromatic carbocycles. The molecule has 0 saturated carbocycles. The van der Waals surface area contributed by atoms with Crippen LogP contribution in [0, 0.1) is 0 Å². The first-order chi connectivity index (χ1) is 13.2. The van der Waals surface area contributed by atoms with Crippen molar-refractivity contribution >= 4 is 16.8 Å². The number of rotatable bonds is 6. The molecule has 1 fully saturated rings. The number of hydrogen-bond acceptors (Lipinski definition) is 4. The number of likely N-dealkylation sites (N-methyl/N-ethyl adjacent to an activating group) is 1. The van der Waals surface area contributed by atoms with Gasteiger partial charge in [0.25, 0.3) is 0 Å². The number of nitrogens with one attached hydrogen (secondary N) is 2. The molecule has 7 nitrogen and oxygen atoms in total. The molecule has 4 rings (SSSR count). The molecule has 1 saturated heterocycles. The normalized spacial score (nSPS) is 19.6. The molecule has 2 unspecified atom stereocenters. The SMILES string of the molecule is CCn1ccnc1CN(C)C(=O)C1CC(Cn2ccc3ccccc32)NN1. The number of benzene rings is 1. The van der Waals surface area contributed by atoms with E-state index in [1.165, 1.54) is 10.9 Å². The Labute approximate surface area is 158 Å². The Morgan fingerprint density at radius 3 is 2.93 bits per heavy atom. The van der Waals surface area contributed by atoms with Crippen LogP contribution in [0.5, 0.6) is 0 Å². The second-order valence-corrected chi connectivity index (χ2v) is 7.12. The highest BCUT2D eigenvalue weighted by atomic mass is 16.2. The number of aromatic nitrogens is 3. The van der Waals surface area contributed by atoms with Crippen LogP contribution in [-0.4, -0.2) is 44.1 Å². The fraction of sp³-hybridized carbons (Fsp3) is 0.400. The maximum Gasteiger partial charge on any atom is 0.241 e. The van der Waals surface area contributed by atoms with Crippen LogP contribution in [0.3, 0.4) is 0 Å². The standard InChI is InChI=1S/C20H26N6O/c1-3-25-11-9-21-19(25)14-24(2)20(27)17-12-16(22-23-17)13-26-10-8-15-6-4-5-7-18(15)26/h4-11,16-17,22-23H,3,12-14H2,1-2H3. The van der Waals surface area contributed by atoms with Crippen LogP contribution in [0.1, 0.15) is 19.2 Å². The predicted octanol–water partition coefficient (Wildman–Crippen LogP) is 1.75. The summed E-state index contributed by atoms with van der Waals surface area (Å²) in [6, 6.07) is 10.5. The van der Waals surface area contributed by atoms with Crippen molar-refractivity contribution in [3.8, 4) is 0 Å². The Morgan fingerprint density at radius 2 is 2.07 bits per heavy atom. The van der Waals surface area contributed by atoms with Crippen molar-refractivity contribution in [3.05, 3.63) is 54.7 Å². The smallest absolute Gasteiger partial charge is 0.241 e. The Balaban J connectivity index is 1.36. The van der Waals surface area contributed by atoms with E-state index >= 15 is 0 Å². The van der Waals surface area contributed by atoms with Crippen molar-refractivity contribution in [2.75, 3.05) is 7.05 Å². The monoisotopic (exact) mass is 366 g/mol. The summed E-state index contributed by atoms with van der Waals surface area (Å²) in [6.45, 7) is 4.28. The lowest BCUT2D eigenvalue weighted by Crippen LogP contribution is -2.44. The van der Waals surface area contributed by atoms with E-state index < -0.39 is 0 Å². The molecular formula is C20H26N6O. The molecule has 1 amide bonds. The molecule has 3 heterocycles. The van der Waals surface area contributed by atoms with Gasteiger partial charge in [0, 0.05) is 50.3 Å². The lowest BCUT2D eigenvalue weighted by molar-refractivity contribution is -0.132. The Kier molecular flexibility index (Phi) is 4.96. The van der Waals surface area contributed by atoms with Crippen LogP contribution in [0.15, 0.2) is 48.9 Å². The minimum absolute atomic E-state index is 0.0908. The number of amides is 1. The van der Waals surface area contributed by atoms with Gasteiger partial charge in [-0.1, -0.05) is 18.2 Å². The summed E-state index contributed by atoms with van der Waals surface area (Å²) in [6.07, 6.45) is 6.60. The summed E-state index contributed by atoms with van der Waals surface area (Å²) in [5.74, 6) is 1.00. The van der Waals surface area contributed by atoms with E-state index in [0.29, 0.717) is 6.54 Å². The van der Waals surface area contributed by atoms with Gasteiger partial charge in [-0.3, -0.25) is 10.2 Å². The number of hydrazine groups is 1. The average Bonchev–Trinajstić information content (AvgIpc) is 3.42. The number of carbonyl (C=O) groups is 1. The number of imidazole rings is 1. The maximum absolute atomic E-state index is 12.8. The number of para-hydroxylation sites is 1. The van der Waals surface area contributed by atoms with Gasteiger partial charge in [0.05, 0.1) is 6.54 Å². The van der Waals surface area contributed by atoms with Gasteiger partial charge in [-0.2, -0.15) is 0 Å². The third-order valence-corrected chi connectivity index (χ3v) is 5.27. The molecule has 2 aromatic heterocycles. The quantitative estimate of drug-likeness (QED) is 0.698. The van der Waals surface area contributed by atoms with E-state index in [4.69, 9.17) is 0 Å². The predicted molar refractivity (Wildman–Crippen MR) is 105 cm³/mol. The van der Waals surface area contributed by atoms with Crippen molar-refractivity contribution in [1.29, 1.82) is 0 Å². The van der Waals surface area contributed by atoms with Gasteiger partial charge < -0.3 is 14.0 Å². The molecule has 0 spiro atoms. The van der Waals surface area contributed by atoms with Gasteiger partial charge in [0.2, 0.25) is 5.91 Å². The minimum Gasteiger partial charge on any atom is -0.346 e. The number of carbonyl (C=O) groups excluding carboxylic acids is 1. The molecule has 27 heavy (non-hydrogen) atoms. The zero-order chi connectivity index (χ0) is 18.8. The number of hydrogen-bond donors (Lipinski definition) is 2. The molecule has 1 aliphatic rings. The first kappa shape index (κ1) is 17.8. The van der Waals surface area contributed by atoms with Crippen LogP contribution >= 0.6 is 0 Å². The number of nitrogens with zero attached hydrogens (tertiary/aromatic N) is 4. The summed E-state index contributed by atoms with van der Waals surface area (Å²) in [5, 5.41) is 1.24. The van der Waals surface area contributed by atoms with E-state index in [9.17, 15) is 4.79 Å². The van der Waals surface area contributed by atoms with Crippen molar-refractivity contribution in [1.82, 2.24) is 29.9 Å². The third-order valence-electron chi connectivity index (χ3n) is 5.27. The van der Waals surface area contributed by atoms with E-state index in [1.807, 2.05) is 13.2 Å². The zero-order valence-corrected chi connectivity index (χ0v) is 15.8. The average molecular weight is 366 g/mol. The van der Waals surface area contributed by atoms with E-state index in [2.05, 4.69) is 68.4 Å². The van der Waals surface area contributed by atoms with Gasteiger partial charge in [-0.25, -0.2) is 10.4 Å². The zero-order valence-electron chi connectivity index (χ0n) is 15.8. The first-order valence-electron chi connectivity index (χ1n) is 9.45. The highest BCUT2D eigenvalue weighted by Gasteiger charge is 2.31. The molecule has 142 valence electrons. The second-order valence-electron chi connectivity index (χ2n) is 7.12. The van der Waals surface area contributed by atoms with Crippen molar-refractivity contribution in [3.63, 3.8) is 0 Å². The van der Waals surface area contributed by atoms with Gasteiger partial charge in [-0.15, -0.1) is 0 Å². The Bertz CT molecular complexity index is 929. The van der Waals surface area contributed by atoms with Crippen LogP contribution < -0.4 is 10.9 Å². The molecule has 7 heteroatoms. The lowest BCUT2D eigenvalue weighted by atomic mass is 10.1. The summed E-state index contributed by atoms with van der Waals surface area (Å²) in [4.78, 5) is 18.9. The number of fused-ring (bicyclic) bond motifs is 1. The molecular weight excluding hydrogens is 340 g/mol. The maximum atomic E-state index is 12.8. The van der Waals surface area contributed by atoms with Gasteiger partial charge >= 0.3 is 0 Å². The third kappa shape index (κ3) is 3.61. The summed E-state index contributed by atoms with van der Waals surface area (Å²) in [7, 11) is 1.84. The highest BCUT2D eigenvalue weighted by molar-refractivity contribution is 5.82. The molecule has 0 bridgehead atoms. The Morgan fingerprint density at radius 1 is 1.22 bits per heavy atom. The van der Waals surface area contributed by atoms with Gasteiger partial charge in [0.15, 0.2) is 0 Å². The minimum atomic E-state index is -0.216. The van der Waals surface area contributed by atoms with Crippen molar-refractivity contribution in [2.45, 2.75) is 45.1 Å². The molecule has 2 N–H and O–H groups in total. The van der Waals surface area contributed by atoms with Gasteiger partial charge in [-0.05, 0) is 30.9 Å². The fourth-order valence-electron chi connectivity index (χ4n) is 3.78. The second kappa shape index (κ2) is 7.54. The lowest BCUT2D eigenvalue weighted by Gasteiger charge is -2.21. The van der Waals surface area contributed by atoms with Crippen molar-refractivity contribution in [2.24, 2.45) is 0 Å². The summed E-state index contributed by atoms with van der Waals surface area (Å²) >= 11 is 0. The van der Waals surface area contributed by atoms with Gasteiger partial charge in [0.1, 0.15) is 11.9 Å². The highest BCUT2D eigenvalue weighted by Crippen LogP contribution is 2.18. The van der Waals surface area contributed by atoms with Crippen molar-refractivity contribution < 1.29 is 4.79 Å². The van der Waals surface area contributed by atoms with Crippen LogP contribution in [0.4, 0.5) is 0 Å². The molecule has 3 aromatic rings. The van der Waals surface area contributed by atoms with Crippen LogP contribution in [0.25, 0.3) is 10.9 Å². The largest absolute Gasteiger partial charge is 0.346 e. The first-order valence-corrected chi connectivity index (χ1v) is 9.45. The van der Waals surface area contributed by atoms with E-state index in [0.717, 1.165) is 25.3 Å². The molecule has 2 atom stereocenters. The Hall–Kier alpha value is -2.64. The molecule has 1 aliphatic heterocycles. The summed E-state index contributed by atoms with van der Waals surface area (Å²) < 4.78 is 4.30. The molecule has 0 radical (unpaired) electrons. The van der Waals surface area contributed by atoms with E-state index in [1.54, 1.807) is 11.1 Å². The summed E-state index contributed by atoms with van der Waals surface area (Å²) in [5.41, 5.74) is 7.68. The molecule has 0 aliphatic carbocycles. The fourth-order valence-corrected chi connectivity index (χ4v) is 3.78. The number of aryl methyl sites for hydroxylation is 1. The topological polar surface area (TPSA) is 67.1 Å². The van der Waals surface area contributed by atoms with Crippen LogP contribution in [0.2, 0.25) is 0 Å².